The Bertz CT molecular complexity index is 538. The maximum Gasteiger partial charge on any atom is 0.240 e. The van der Waals surface area contributed by atoms with Crippen molar-refractivity contribution in [3.8, 4) is 12.3 Å². The lowest BCUT2D eigenvalue weighted by molar-refractivity contribution is 0.577. The molecule has 0 aromatic heterocycles. The van der Waals surface area contributed by atoms with E-state index in [1.54, 1.807) is 0 Å². The van der Waals surface area contributed by atoms with Crippen LogP contribution in [-0.2, 0) is 10.0 Å². The number of rotatable bonds is 4. The minimum Gasteiger partial charge on any atom is -0.398 e. The van der Waals surface area contributed by atoms with Crippen molar-refractivity contribution in [2.75, 3.05) is 12.3 Å². The van der Waals surface area contributed by atoms with Crippen LogP contribution in [0.3, 0.4) is 0 Å². The summed E-state index contributed by atoms with van der Waals surface area (Å²) in [4.78, 5) is -0.199. The number of hydrogen-bond acceptors (Lipinski definition) is 3. The maximum absolute atomic E-state index is 13.4. The van der Waals surface area contributed by atoms with Gasteiger partial charge < -0.3 is 5.73 Å². The zero-order valence-electron chi connectivity index (χ0n) is 9.33. The molecule has 0 bridgehead atoms. The third-order valence-electron chi connectivity index (χ3n) is 2.23. The van der Waals surface area contributed by atoms with Crippen molar-refractivity contribution in [1.82, 2.24) is 4.72 Å². The molecule has 0 fully saturated rings. The second-order valence-electron chi connectivity index (χ2n) is 3.47. The molecule has 4 nitrogen and oxygen atoms in total. The van der Waals surface area contributed by atoms with Crippen LogP contribution in [-0.4, -0.2) is 15.0 Å². The highest BCUT2D eigenvalue weighted by Crippen LogP contribution is 2.20. The Hall–Kier alpha value is -1.58. The fourth-order valence-corrected chi connectivity index (χ4v) is 2.25. The predicted octanol–water partition coefficient (Wildman–Crippen LogP) is 1.02. The third-order valence-corrected chi connectivity index (χ3v) is 3.67. The average molecular weight is 256 g/mol. The van der Waals surface area contributed by atoms with Crippen LogP contribution in [0.1, 0.15) is 12.0 Å². The molecule has 0 aliphatic heterocycles. The van der Waals surface area contributed by atoms with E-state index in [2.05, 4.69) is 10.6 Å². The van der Waals surface area contributed by atoms with Crippen molar-refractivity contribution < 1.29 is 12.8 Å². The summed E-state index contributed by atoms with van der Waals surface area (Å²) in [5.74, 6) is 1.65. The summed E-state index contributed by atoms with van der Waals surface area (Å²) in [6, 6.07) is 2.15. The Morgan fingerprint density at radius 1 is 1.53 bits per heavy atom. The fraction of sp³-hybridized carbons (Fsp3) is 0.273. The third kappa shape index (κ3) is 3.19. The molecule has 0 aliphatic rings. The van der Waals surface area contributed by atoms with Crippen LogP contribution >= 0.6 is 0 Å². The molecule has 0 radical (unpaired) electrons. The number of benzene rings is 1. The molecule has 0 saturated carbocycles. The summed E-state index contributed by atoms with van der Waals surface area (Å²) in [5, 5.41) is 0. The molecule has 0 heterocycles. The molecular weight excluding hydrogens is 243 g/mol. The minimum absolute atomic E-state index is 0.0994. The van der Waals surface area contributed by atoms with Crippen LogP contribution < -0.4 is 10.5 Å². The smallest absolute Gasteiger partial charge is 0.240 e. The molecule has 3 N–H and O–H groups in total. The fourth-order valence-electron chi connectivity index (χ4n) is 1.17. The van der Waals surface area contributed by atoms with Gasteiger partial charge in [0.2, 0.25) is 10.0 Å². The van der Waals surface area contributed by atoms with Gasteiger partial charge in [0.25, 0.3) is 0 Å². The normalized spacial score (nSPS) is 11.1. The molecule has 0 aliphatic carbocycles. The number of terminal acetylenes is 1. The Kier molecular flexibility index (Phi) is 4.10. The first-order valence-electron chi connectivity index (χ1n) is 4.87. The van der Waals surface area contributed by atoms with E-state index in [4.69, 9.17) is 12.2 Å². The minimum atomic E-state index is -3.76. The topological polar surface area (TPSA) is 72.2 Å². The zero-order valence-corrected chi connectivity index (χ0v) is 10.1. The SMILES string of the molecule is C#CCCNS(=O)(=O)c1cc(N)c(C)c(F)c1. The van der Waals surface area contributed by atoms with Crippen molar-refractivity contribution in [2.24, 2.45) is 0 Å². The molecule has 0 spiro atoms. The van der Waals surface area contributed by atoms with Gasteiger partial charge in [-0.3, -0.25) is 0 Å². The van der Waals surface area contributed by atoms with Crippen molar-refractivity contribution in [1.29, 1.82) is 0 Å². The van der Waals surface area contributed by atoms with Crippen molar-refractivity contribution in [3.63, 3.8) is 0 Å². The van der Waals surface area contributed by atoms with Crippen molar-refractivity contribution in [3.05, 3.63) is 23.5 Å². The number of anilines is 1. The van der Waals surface area contributed by atoms with E-state index < -0.39 is 15.8 Å². The van der Waals surface area contributed by atoms with Gasteiger partial charge in [0.05, 0.1) is 4.90 Å². The molecule has 0 amide bonds. The molecular formula is C11H13FN2O2S. The molecule has 1 aromatic rings. The van der Waals surface area contributed by atoms with E-state index in [1.807, 2.05) is 0 Å². The highest BCUT2D eigenvalue weighted by atomic mass is 32.2. The molecule has 17 heavy (non-hydrogen) atoms. The first-order chi connectivity index (χ1) is 7.88. The molecule has 1 rings (SSSR count). The Balaban J connectivity index is 3.04. The summed E-state index contributed by atoms with van der Waals surface area (Å²) >= 11 is 0. The quantitative estimate of drug-likeness (QED) is 0.480. The maximum atomic E-state index is 13.4. The predicted molar refractivity (Wildman–Crippen MR) is 64.2 cm³/mol. The zero-order chi connectivity index (χ0) is 13.1. The first-order valence-corrected chi connectivity index (χ1v) is 6.35. The van der Waals surface area contributed by atoms with E-state index in [9.17, 15) is 12.8 Å². The van der Waals surface area contributed by atoms with Gasteiger partial charge >= 0.3 is 0 Å². The van der Waals surface area contributed by atoms with Gasteiger partial charge in [-0.15, -0.1) is 12.3 Å². The van der Waals surface area contributed by atoms with Gasteiger partial charge in [-0.1, -0.05) is 0 Å². The molecule has 0 saturated heterocycles. The summed E-state index contributed by atoms with van der Waals surface area (Å²) in [7, 11) is -3.76. The highest BCUT2D eigenvalue weighted by Gasteiger charge is 2.16. The summed E-state index contributed by atoms with van der Waals surface area (Å²) in [5.41, 5.74) is 5.84. The van der Waals surface area contributed by atoms with Crippen LogP contribution in [0, 0.1) is 25.1 Å². The van der Waals surface area contributed by atoms with Crippen molar-refractivity contribution in [2.45, 2.75) is 18.2 Å². The standard InChI is InChI=1S/C11H13FN2O2S/c1-3-4-5-14-17(15,16)9-6-10(12)8(2)11(13)7-9/h1,6-7,14H,4-5,13H2,2H3. The number of nitrogen functional groups attached to an aromatic ring is 1. The second-order valence-corrected chi connectivity index (χ2v) is 5.24. The van der Waals surface area contributed by atoms with E-state index in [0.29, 0.717) is 0 Å². The molecule has 1 aromatic carbocycles. The number of halogens is 1. The Morgan fingerprint density at radius 2 is 2.18 bits per heavy atom. The van der Waals surface area contributed by atoms with E-state index in [-0.39, 0.29) is 29.1 Å². The molecule has 92 valence electrons. The summed E-state index contributed by atoms with van der Waals surface area (Å²) in [6.45, 7) is 1.58. The summed E-state index contributed by atoms with van der Waals surface area (Å²) < 4.78 is 39.1. The van der Waals surface area contributed by atoms with Crippen LogP contribution in [0.25, 0.3) is 0 Å². The van der Waals surface area contributed by atoms with Gasteiger partial charge in [-0.05, 0) is 19.1 Å². The lowest BCUT2D eigenvalue weighted by Crippen LogP contribution is -2.25. The molecule has 0 unspecified atom stereocenters. The van der Waals surface area contributed by atoms with Gasteiger partial charge in [0.1, 0.15) is 5.82 Å². The van der Waals surface area contributed by atoms with E-state index in [0.717, 1.165) is 6.07 Å². The lowest BCUT2D eigenvalue weighted by Gasteiger charge is -2.08. The average Bonchev–Trinajstić information content (AvgIpc) is 2.25. The van der Waals surface area contributed by atoms with Crippen LogP contribution in [0.2, 0.25) is 0 Å². The van der Waals surface area contributed by atoms with Gasteiger partial charge in [0, 0.05) is 24.2 Å². The Morgan fingerprint density at radius 3 is 2.71 bits per heavy atom. The number of nitrogens with one attached hydrogen (secondary N) is 1. The monoisotopic (exact) mass is 256 g/mol. The summed E-state index contributed by atoms with van der Waals surface area (Å²) in [6.07, 6.45) is 5.27. The number of hydrogen-bond donors (Lipinski definition) is 2. The first kappa shape index (κ1) is 13.5. The van der Waals surface area contributed by atoms with E-state index in [1.165, 1.54) is 13.0 Å². The second kappa shape index (κ2) is 5.17. The number of nitrogens with two attached hydrogens (primary N) is 1. The van der Waals surface area contributed by atoms with Crippen LogP contribution in [0.15, 0.2) is 17.0 Å². The largest absolute Gasteiger partial charge is 0.398 e. The van der Waals surface area contributed by atoms with Crippen LogP contribution in [0.4, 0.5) is 10.1 Å². The van der Waals surface area contributed by atoms with Gasteiger partial charge in [-0.25, -0.2) is 17.5 Å². The van der Waals surface area contributed by atoms with Gasteiger partial charge in [-0.2, -0.15) is 0 Å². The Labute approximate surface area is 100 Å². The van der Waals surface area contributed by atoms with Crippen LogP contribution in [0.5, 0.6) is 0 Å². The van der Waals surface area contributed by atoms with E-state index >= 15 is 0 Å². The molecule has 0 atom stereocenters. The molecule has 6 heteroatoms. The van der Waals surface area contributed by atoms with Gasteiger partial charge in [0.15, 0.2) is 0 Å². The van der Waals surface area contributed by atoms with Crippen molar-refractivity contribution >= 4 is 15.7 Å². The number of sulfonamides is 1. The highest BCUT2D eigenvalue weighted by molar-refractivity contribution is 7.89. The lowest BCUT2D eigenvalue weighted by atomic mass is 10.2.